The number of benzene rings is 1. The second kappa shape index (κ2) is 6.92. The van der Waals surface area contributed by atoms with Crippen molar-refractivity contribution in [3.8, 4) is 0 Å². The summed E-state index contributed by atoms with van der Waals surface area (Å²) >= 11 is 10.3. The smallest absolute Gasteiger partial charge is 0.0718 e. The van der Waals surface area contributed by atoms with E-state index >= 15 is 0 Å². The minimum absolute atomic E-state index is 0.0194. The Hall–Kier alpha value is -0.540. The van der Waals surface area contributed by atoms with E-state index in [1.807, 2.05) is 6.92 Å². The van der Waals surface area contributed by atoms with E-state index in [-0.39, 0.29) is 6.04 Å². The van der Waals surface area contributed by atoms with Crippen molar-refractivity contribution in [1.29, 1.82) is 0 Å². The zero-order valence-electron chi connectivity index (χ0n) is 8.85. The summed E-state index contributed by atoms with van der Waals surface area (Å²) in [6, 6.07) is 6.99. The molecule has 0 saturated carbocycles. The third kappa shape index (κ3) is 4.14. The average molecular weight is 274 g/mol. The maximum Gasteiger partial charge on any atom is 0.0718 e. The van der Waals surface area contributed by atoms with Gasteiger partial charge in [-0.2, -0.15) is 0 Å². The average Bonchev–Trinajstić information content (AvgIpc) is 2.29. The molecule has 0 aliphatic carbocycles. The normalized spacial score (nSPS) is 13.9. The molecule has 86 valence electrons. The molecule has 0 aromatic heterocycles. The van der Waals surface area contributed by atoms with Crippen LogP contribution in [0.15, 0.2) is 34.2 Å². The molecule has 0 radical (unpaired) electrons. The van der Waals surface area contributed by atoms with Gasteiger partial charge in [0.15, 0.2) is 0 Å². The summed E-state index contributed by atoms with van der Waals surface area (Å²) in [6.07, 6.45) is 0.809. The quantitative estimate of drug-likeness (QED) is 0.608. The van der Waals surface area contributed by atoms with Crippen molar-refractivity contribution in [2.24, 2.45) is 4.99 Å². The van der Waals surface area contributed by atoms with Crippen LogP contribution in [0, 0.1) is 0 Å². The monoisotopic (exact) mass is 273 g/mol. The van der Waals surface area contributed by atoms with Crippen LogP contribution in [0.2, 0.25) is 5.02 Å². The maximum absolute atomic E-state index is 11.9. The molecule has 2 unspecified atom stereocenters. The molecular weight excluding hydrogens is 262 g/mol. The van der Waals surface area contributed by atoms with E-state index in [0.29, 0.717) is 10.8 Å². The van der Waals surface area contributed by atoms with E-state index in [4.69, 9.17) is 11.6 Å². The van der Waals surface area contributed by atoms with Gasteiger partial charge in [-0.15, -0.1) is 0 Å². The highest BCUT2D eigenvalue weighted by atomic mass is 35.5. The molecule has 2 nitrogen and oxygen atoms in total. The number of hydrogen-bond acceptors (Lipinski definition) is 3. The van der Waals surface area contributed by atoms with Crippen molar-refractivity contribution >= 4 is 39.8 Å². The van der Waals surface area contributed by atoms with Crippen LogP contribution in [0.5, 0.6) is 0 Å². The van der Waals surface area contributed by atoms with Gasteiger partial charge < -0.3 is 0 Å². The molecule has 16 heavy (non-hydrogen) atoms. The van der Waals surface area contributed by atoms with Crippen molar-refractivity contribution in [2.75, 3.05) is 5.75 Å². The summed E-state index contributed by atoms with van der Waals surface area (Å²) in [4.78, 5) is 4.74. The Kier molecular flexibility index (Phi) is 5.85. The van der Waals surface area contributed by atoms with Crippen molar-refractivity contribution in [1.82, 2.24) is 0 Å². The van der Waals surface area contributed by atoms with Gasteiger partial charge in [0.25, 0.3) is 0 Å². The molecule has 5 heteroatoms. The van der Waals surface area contributed by atoms with Crippen LogP contribution in [0.4, 0.5) is 0 Å². The molecule has 2 atom stereocenters. The first-order valence-corrected chi connectivity index (χ1v) is 6.98. The minimum Gasteiger partial charge on any atom is -0.254 e. The predicted octanol–water partition coefficient (Wildman–Crippen LogP) is 3.33. The van der Waals surface area contributed by atoms with Gasteiger partial charge in [0, 0.05) is 9.92 Å². The molecule has 0 amide bonds. The van der Waals surface area contributed by atoms with Gasteiger partial charge >= 0.3 is 0 Å². The van der Waals surface area contributed by atoms with Crippen LogP contribution in [0.25, 0.3) is 0 Å². The van der Waals surface area contributed by atoms with Gasteiger partial charge in [-0.1, -0.05) is 18.5 Å². The van der Waals surface area contributed by atoms with Crippen LogP contribution < -0.4 is 0 Å². The number of aliphatic imine (C=N–C) groups is 1. The minimum atomic E-state index is -1.06. The molecule has 1 aromatic rings. The molecular formula is C11H12ClNOS2. The SMILES string of the molecule is CCC(CS(=O)c1ccc(Cl)cc1)N=C=S. The zero-order valence-corrected chi connectivity index (χ0v) is 11.2. The molecule has 0 saturated heterocycles. The molecule has 0 heterocycles. The van der Waals surface area contributed by atoms with Gasteiger partial charge in [-0.3, -0.25) is 4.21 Å². The highest BCUT2D eigenvalue weighted by Crippen LogP contribution is 2.14. The molecule has 0 bridgehead atoms. The number of isothiocyanates is 1. The highest BCUT2D eigenvalue weighted by Gasteiger charge is 2.10. The van der Waals surface area contributed by atoms with E-state index in [2.05, 4.69) is 22.4 Å². The Labute approximate surface area is 108 Å². The Morgan fingerprint density at radius 2 is 2.12 bits per heavy atom. The fourth-order valence-corrected chi connectivity index (χ4v) is 2.75. The van der Waals surface area contributed by atoms with Crippen LogP contribution in [0.1, 0.15) is 13.3 Å². The second-order valence-electron chi connectivity index (χ2n) is 3.25. The van der Waals surface area contributed by atoms with E-state index in [0.717, 1.165) is 11.3 Å². The van der Waals surface area contributed by atoms with E-state index < -0.39 is 10.8 Å². The first-order valence-electron chi connectivity index (χ1n) is 4.88. The fourth-order valence-electron chi connectivity index (χ4n) is 1.18. The number of hydrogen-bond donors (Lipinski definition) is 0. The molecule has 0 spiro atoms. The van der Waals surface area contributed by atoms with Gasteiger partial charge in [0.05, 0.1) is 27.8 Å². The van der Waals surface area contributed by atoms with Crippen molar-refractivity contribution < 1.29 is 4.21 Å². The predicted molar refractivity (Wildman–Crippen MR) is 71.8 cm³/mol. The summed E-state index contributed by atoms with van der Waals surface area (Å²) in [7, 11) is -1.06. The lowest BCUT2D eigenvalue weighted by molar-refractivity contribution is 0.665. The van der Waals surface area contributed by atoms with Crippen LogP contribution >= 0.6 is 23.8 Å². The van der Waals surface area contributed by atoms with E-state index in [9.17, 15) is 4.21 Å². The number of thiocarbonyl (C=S) groups is 1. The Morgan fingerprint density at radius 1 is 1.50 bits per heavy atom. The molecule has 0 aliphatic heterocycles. The molecule has 1 rings (SSSR count). The summed E-state index contributed by atoms with van der Waals surface area (Å²) in [5.41, 5.74) is 0. The van der Waals surface area contributed by atoms with Gasteiger partial charge in [-0.05, 0) is 42.9 Å². The summed E-state index contributed by atoms with van der Waals surface area (Å²) in [5.74, 6) is 0.474. The van der Waals surface area contributed by atoms with Crippen LogP contribution in [0.3, 0.4) is 0 Å². The van der Waals surface area contributed by atoms with Gasteiger partial charge in [-0.25, -0.2) is 4.99 Å². The van der Waals surface area contributed by atoms with Crippen molar-refractivity contribution in [2.45, 2.75) is 24.3 Å². The molecule has 0 N–H and O–H groups in total. The fraction of sp³-hybridized carbons (Fsp3) is 0.364. The van der Waals surface area contributed by atoms with Crippen LogP contribution in [-0.4, -0.2) is 21.2 Å². The lowest BCUT2D eigenvalue weighted by Gasteiger charge is -2.07. The van der Waals surface area contributed by atoms with E-state index in [1.54, 1.807) is 24.3 Å². The first-order chi connectivity index (χ1) is 7.67. The Bertz CT molecular complexity index is 412. The Balaban J connectivity index is 2.71. The van der Waals surface area contributed by atoms with E-state index in [1.165, 1.54) is 0 Å². The highest BCUT2D eigenvalue weighted by molar-refractivity contribution is 7.85. The lowest BCUT2D eigenvalue weighted by atomic mass is 10.3. The molecule has 1 aromatic carbocycles. The molecule has 0 aliphatic rings. The lowest BCUT2D eigenvalue weighted by Crippen LogP contribution is -2.13. The van der Waals surface area contributed by atoms with Crippen molar-refractivity contribution in [3.63, 3.8) is 0 Å². The van der Waals surface area contributed by atoms with Crippen molar-refractivity contribution in [3.05, 3.63) is 29.3 Å². The summed E-state index contributed by atoms with van der Waals surface area (Å²) in [6.45, 7) is 1.99. The molecule has 0 fully saturated rings. The Morgan fingerprint density at radius 3 is 2.62 bits per heavy atom. The number of rotatable bonds is 5. The van der Waals surface area contributed by atoms with Gasteiger partial charge in [0.1, 0.15) is 0 Å². The first kappa shape index (κ1) is 13.5. The van der Waals surface area contributed by atoms with Crippen LogP contribution in [-0.2, 0) is 10.8 Å². The summed E-state index contributed by atoms with van der Waals surface area (Å²) < 4.78 is 11.9. The number of nitrogens with zero attached hydrogens (tertiary/aromatic N) is 1. The second-order valence-corrected chi connectivity index (χ2v) is 5.36. The third-order valence-electron chi connectivity index (χ3n) is 2.13. The third-order valence-corrected chi connectivity index (χ3v) is 3.97. The summed E-state index contributed by atoms with van der Waals surface area (Å²) in [5, 5.41) is 2.98. The largest absolute Gasteiger partial charge is 0.254 e. The van der Waals surface area contributed by atoms with Gasteiger partial charge in [0.2, 0.25) is 0 Å². The standard InChI is InChI=1S/C11H12ClNOS2/c1-2-10(13-8-15)7-16(14)11-5-3-9(12)4-6-11/h3-6,10H,2,7H2,1H3. The number of halogens is 1. The zero-order chi connectivity index (χ0) is 12.0. The topological polar surface area (TPSA) is 29.4 Å². The maximum atomic E-state index is 11.9.